The Kier molecular flexibility index (Phi) is 7.90. The fourth-order valence-electron chi connectivity index (χ4n) is 4.53. The zero-order chi connectivity index (χ0) is 26.5. The van der Waals surface area contributed by atoms with Gasteiger partial charge in [-0.1, -0.05) is 53.7 Å². The second-order valence-corrected chi connectivity index (χ2v) is 10.2. The van der Waals surface area contributed by atoms with Gasteiger partial charge in [0.2, 0.25) is 17.6 Å². The van der Waals surface area contributed by atoms with Crippen molar-refractivity contribution in [1.82, 2.24) is 25.3 Å². The molecule has 1 fully saturated rings. The molecule has 1 saturated heterocycles. The van der Waals surface area contributed by atoms with Crippen molar-refractivity contribution < 1.29 is 18.5 Å². The minimum absolute atomic E-state index is 0.118. The van der Waals surface area contributed by atoms with Crippen molar-refractivity contribution in [3.8, 4) is 22.2 Å². The van der Waals surface area contributed by atoms with Gasteiger partial charge in [-0.3, -0.25) is 14.5 Å². The largest absolute Gasteiger partial charge is 0.344 e. The van der Waals surface area contributed by atoms with E-state index in [9.17, 15) is 14.0 Å². The van der Waals surface area contributed by atoms with Crippen LogP contribution in [0.1, 0.15) is 18.1 Å². The van der Waals surface area contributed by atoms with Crippen LogP contribution in [-0.4, -0.2) is 64.0 Å². The van der Waals surface area contributed by atoms with Gasteiger partial charge in [-0.2, -0.15) is 4.98 Å². The number of thiophene rings is 1. The van der Waals surface area contributed by atoms with Crippen LogP contribution in [0.15, 0.2) is 70.6 Å². The molecule has 0 bridgehead atoms. The van der Waals surface area contributed by atoms with E-state index in [-0.39, 0.29) is 24.1 Å². The summed E-state index contributed by atoms with van der Waals surface area (Å²) in [7, 11) is 0. The van der Waals surface area contributed by atoms with E-state index in [1.165, 1.54) is 13.0 Å². The van der Waals surface area contributed by atoms with E-state index in [0.29, 0.717) is 43.5 Å². The Morgan fingerprint density at radius 3 is 2.50 bits per heavy atom. The van der Waals surface area contributed by atoms with Crippen LogP contribution in [0.25, 0.3) is 22.2 Å². The van der Waals surface area contributed by atoms with Crippen LogP contribution in [0.5, 0.6) is 0 Å². The van der Waals surface area contributed by atoms with E-state index >= 15 is 0 Å². The van der Waals surface area contributed by atoms with Crippen LogP contribution >= 0.6 is 11.3 Å². The average Bonchev–Trinajstić information content (AvgIpc) is 3.63. The molecule has 1 atom stereocenters. The third-order valence-electron chi connectivity index (χ3n) is 6.52. The maximum absolute atomic E-state index is 14.2. The molecule has 4 aromatic rings. The predicted molar refractivity (Wildman–Crippen MR) is 143 cm³/mol. The van der Waals surface area contributed by atoms with Crippen molar-refractivity contribution in [1.29, 1.82) is 0 Å². The van der Waals surface area contributed by atoms with Gasteiger partial charge < -0.3 is 14.7 Å². The summed E-state index contributed by atoms with van der Waals surface area (Å²) < 4.78 is 19.6. The van der Waals surface area contributed by atoms with E-state index in [1.807, 2.05) is 29.6 Å². The molecule has 0 spiro atoms. The molecule has 1 N–H and O–H groups in total. The lowest BCUT2D eigenvalue weighted by Crippen LogP contribution is -2.55. The van der Waals surface area contributed by atoms with Crippen molar-refractivity contribution >= 4 is 23.2 Å². The van der Waals surface area contributed by atoms with Gasteiger partial charge in [0.05, 0.1) is 4.88 Å². The molecular weight excluding hydrogens is 505 g/mol. The number of halogens is 1. The Hall–Kier alpha value is -3.89. The molecule has 1 aliphatic rings. The molecule has 196 valence electrons. The average molecular weight is 534 g/mol. The number of amides is 2. The number of hydrogen-bond donors (Lipinski definition) is 1. The van der Waals surface area contributed by atoms with E-state index in [4.69, 9.17) is 4.52 Å². The second-order valence-electron chi connectivity index (χ2n) is 9.25. The smallest absolute Gasteiger partial charge is 0.268 e. The molecule has 2 aromatic carbocycles. The summed E-state index contributed by atoms with van der Waals surface area (Å²) in [6.07, 6.45) is 0.118. The number of aromatic nitrogens is 2. The zero-order valence-corrected chi connectivity index (χ0v) is 21.8. The van der Waals surface area contributed by atoms with Gasteiger partial charge >= 0.3 is 0 Å². The standard InChI is InChI=1S/C28H28FN5O3S/c1-19(35)30-24(17-22-5-2-3-6-23(22)29)28(36)34-14-12-33(13-15-34)18-20-8-10-21(11-9-20)26-31-27(37-32-26)25-7-4-16-38-25/h2-11,16,24H,12-15,17-18H2,1H3,(H,30,35)/t24-/m1/s1. The number of nitrogens with one attached hydrogen (secondary N) is 1. The number of carbonyl (C=O) groups is 2. The molecule has 0 radical (unpaired) electrons. The van der Waals surface area contributed by atoms with Gasteiger partial charge in [-0.05, 0) is 28.6 Å². The van der Waals surface area contributed by atoms with Gasteiger partial charge in [0.25, 0.3) is 5.89 Å². The minimum atomic E-state index is -0.797. The Morgan fingerprint density at radius 2 is 1.82 bits per heavy atom. The molecule has 38 heavy (non-hydrogen) atoms. The maximum atomic E-state index is 14.2. The van der Waals surface area contributed by atoms with Crippen LogP contribution < -0.4 is 5.32 Å². The van der Waals surface area contributed by atoms with E-state index in [0.717, 1.165) is 22.5 Å². The van der Waals surface area contributed by atoms with Gasteiger partial charge in [0.15, 0.2) is 0 Å². The predicted octanol–water partition coefficient (Wildman–Crippen LogP) is 4.00. The molecule has 0 saturated carbocycles. The molecule has 3 heterocycles. The zero-order valence-electron chi connectivity index (χ0n) is 21.0. The molecule has 5 rings (SSSR count). The summed E-state index contributed by atoms with van der Waals surface area (Å²) in [5.74, 6) is 0.186. The summed E-state index contributed by atoms with van der Waals surface area (Å²) in [5, 5.41) is 8.78. The van der Waals surface area contributed by atoms with Crippen LogP contribution in [0.4, 0.5) is 4.39 Å². The Bertz CT molecular complexity index is 1380. The summed E-state index contributed by atoms with van der Waals surface area (Å²) in [6, 6.07) is 17.5. The summed E-state index contributed by atoms with van der Waals surface area (Å²) >= 11 is 1.55. The molecule has 1 aliphatic heterocycles. The lowest BCUT2D eigenvalue weighted by molar-refractivity contribution is -0.137. The van der Waals surface area contributed by atoms with Gasteiger partial charge in [-0.15, -0.1) is 11.3 Å². The van der Waals surface area contributed by atoms with E-state index in [1.54, 1.807) is 34.4 Å². The normalized spacial score (nSPS) is 14.8. The first-order chi connectivity index (χ1) is 18.5. The molecule has 0 aliphatic carbocycles. The first kappa shape index (κ1) is 25.7. The monoisotopic (exact) mass is 533 g/mol. The Morgan fingerprint density at radius 1 is 1.05 bits per heavy atom. The van der Waals surface area contributed by atoms with Crippen LogP contribution in [0.2, 0.25) is 0 Å². The third kappa shape index (κ3) is 6.15. The highest BCUT2D eigenvalue weighted by molar-refractivity contribution is 7.13. The highest BCUT2D eigenvalue weighted by Crippen LogP contribution is 2.26. The van der Waals surface area contributed by atoms with Crippen molar-refractivity contribution in [3.63, 3.8) is 0 Å². The van der Waals surface area contributed by atoms with Crippen LogP contribution in [0.3, 0.4) is 0 Å². The molecule has 0 unspecified atom stereocenters. The fourth-order valence-corrected chi connectivity index (χ4v) is 5.18. The topological polar surface area (TPSA) is 91.6 Å². The van der Waals surface area contributed by atoms with Crippen molar-refractivity contribution in [2.45, 2.75) is 25.9 Å². The molecular formula is C28H28FN5O3S. The van der Waals surface area contributed by atoms with Crippen molar-refractivity contribution in [3.05, 3.63) is 83.0 Å². The molecule has 2 aromatic heterocycles. The lowest BCUT2D eigenvalue weighted by atomic mass is 10.0. The summed E-state index contributed by atoms with van der Waals surface area (Å²) in [6.45, 7) is 4.60. The number of benzene rings is 2. The molecule has 10 heteroatoms. The highest BCUT2D eigenvalue weighted by atomic mass is 32.1. The van der Waals surface area contributed by atoms with Crippen LogP contribution in [-0.2, 0) is 22.6 Å². The van der Waals surface area contributed by atoms with Gasteiger partial charge in [-0.25, -0.2) is 4.39 Å². The van der Waals surface area contributed by atoms with Crippen molar-refractivity contribution in [2.75, 3.05) is 26.2 Å². The molecule has 2 amide bonds. The quantitative estimate of drug-likeness (QED) is 0.368. The number of rotatable bonds is 8. The Balaban J connectivity index is 1.16. The molecule has 8 nitrogen and oxygen atoms in total. The Labute approximate surface area is 224 Å². The van der Waals surface area contributed by atoms with Gasteiger partial charge in [0.1, 0.15) is 11.9 Å². The van der Waals surface area contributed by atoms with E-state index in [2.05, 4.69) is 32.5 Å². The van der Waals surface area contributed by atoms with Gasteiger partial charge in [0, 0.05) is 51.6 Å². The minimum Gasteiger partial charge on any atom is -0.344 e. The number of piperazine rings is 1. The first-order valence-corrected chi connectivity index (χ1v) is 13.3. The SMILES string of the molecule is CC(=O)N[C@H](Cc1ccccc1F)C(=O)N1CCN(Cc2ccc(-c3noc(-c4cccs4)n3)cc2)CC1. The van der Waals surface area contributed by atoms with E-state index < -0.39 is 6.04 Å². The van der Waals surface area contributed by atoms with Crippen molar-refractivity contribution in [2.24, 2.45) is 0 Å². The number of hydrogen-bond acceptors (Lipinski definition) is 7. The maximum Gasteiger partial charge on any atom is 0.268 e. The fraction of sp³-hybridized carbons (Fsp3) is 0.286. The highest BCUT2D eigenvalue weighted by Gasteiger charge is 2.29. The number of nitrogens with zero attached hydrogens (tertiary/aromatic N) is 4. The summed E-state index contributed by atoms with van der Waals surface area (Å²) in [4.78, 5) is 34.4. The first-order valence-electron chi connectivity index (χ1n) is 12.4. The lowest BCUT2D eigenvalue weighted by Gasteiger charge is -2.36. The summed E-state index contributed by atoms with van der Waals surface area (Å²) in [5.41, 5.74) is 2.44. The number of carbonyl (C=O) groups excluding carboxylic acids is 2. The third-order valence-corrected chi connectivity index (χ3v) is 7.38. The van der Waals surface area contributed by atoms with Crippen LogP contribution in [0, 0.1) is 5.82 Å². The second kappa shape index (κ2) is 11.7.